The molecule has 0 fully saturated rings. The molecule has 1 aliphatic rings. The number of rotatable bonds is 5. The van der Waals surface area contributed by atoms with Gasteiger partial charge in [-0.05, 0) is 38.0 Å². The number of anilines is 2. The number of primary amides is 1. The van der Waals surface area contributed by atoms with Crippen molar-refractivity contribution in [1.29, 1.82) is 0 Å². The van der Waals surface area contributed by atoms with E-state index < -0.39 is 0 Å². The Hall–Kier alpha value is -2.16. The van der Waals surface area contributed by atoms with Gasteiger partial charge in [0.05, 0.1) is 17.4 Å². The number of thiazole rings is 1. The van der Waals surface area contributed by atoms with Crippen molar-refractivity contribution in [1.82, 2.24) is 9.88 Å². The number of thiophene rings is 1. The van der Waals surface area contributed by atoms with Crippen LogP contribution in [0.5, 0.6) is 5.75 Å². The van der Waals surface area contributed by atoms with Gasteiger partial charge in [-0.25, -0.2) is 4.98 Å². The van der Waals surface area contributed by atoms with E-state index in [9.17, 15) is 4.79 Å². The van der Waals surface area contributed by atoms with E-state index in [1.54, 1.807) is 18.4 Å². The molecular formula is C19H22N4O2S2. The Labute approximate surface area is 166 Å². The van der Waals surface area contributed by atoms with Gasteiger partial charge in [-0.2, -0.15) is 0 Å². The van der Waals surface area contributed by atoms with E-state index in [0.29, 0.717) is 11.6 Å². The zero-order valence-corrected chi connectivity index (χ0v) is 17.2. The molecule has 8 heteroatoms. The number of benzene rings is 1. The quantitative estimate of drug-likeness (QED) is 0.675. The van der Waals surface area contributed by atoms with Crippen molar-refractivity contribution < 1.29 is 9.53 Å². The summed E-state index contributed by atoms with van der Waals surface area (Å²) in [6.45, 7) is 6.19. The summed E-state index contributed by atoms with van der Waals surface area (Å²) in [5.74, 6) is 0.358. The monoisotopic (exact) mass is 402 g/mol. The molecule has 142 valence electrons. The summed E-state index contributed by atoms with van der Waals surface area (Å²) in [7, 11) is 1.64. The number of ether oxygens (including phenoxy) is 1. The van der Waals surface area contributed by atoms with Crippen LogP contribution in [0.1, 0.15) is 34.6 Å². The Morgan fingerprint density at radius 1 is 1.37 bits per heavy atom. The number of hydrogen-bond acceptors (Lipinski definition) is 7. The maximum Gasteiger partial charge on any atom is 0.251 e. The van der Waals surface area contributed by atoms with Gasteiger partial charge in [-0.3, -0.25) is 9.69 Å². The molecule has 0 atom stereocenters. The number of methoxy groups -OCH3 is 1. The highest BCUT2D eigenvalue weighted by Crippen LogP contribution is 2.40. The zero-order valence-electron chi connectivity index (χ0n) is 15.5. The number of carbonyl (C=O) groups excluding carboxylic acids is 1. The minimum Gasteiger partial charge on any atom is -0.494 e. The fraction of sp³-hybridized carbons (Fsp3) is 0.368. The smallest absolute Gasteiger partial charge is 0.251 e. The van der Waals surface area contributed by atoms with Crippen LogP contribution in [-0.4, -0.2) is 35.5 Å². The molecule has 0 spiro atoms. The Kier molecular flexibility index (Phi) is 4.79. The first kappa shape index (κ1) is 18.2. The molecule has 3 N–H and O–H groups in total. The lowest BCUT2D eigenvalue weighted by Gasteiger charge is -2.30. The number of aromatic nitrogens is 1. The summed E-state index contributed by atoms with van der Waals surface area (Å²) in [6.07, 6.45) is 0.845. The van der Waals surface area contributed by atoms with Crippen LogP contribution in [0.15, 0.2) is 18.2 Å². The minimum atomic E-state index is -0.383. The highest BCUT2D eigenvalue weighted by Gasteiger charge is 2.28. The molecule has 1 aliphatic heterocycles. The summed E-state index contributed by atoms with van der Waals surface area (Å²) in [4.78, 5) is 20.5. The topological polar surface area (TPSA) is 80.5 Å². The van der Waals surface area contributed by atoms with Crippen LogP contribution in [-0.2, 0) is 13.0 Å². The molecular weight excluding hydrogens is 380 g/mol. The third-order valence-electron chi connectivity index (χ3n) is 4.89. The lowest BCUT2D eigenvalue weighted by Crippen LogP contribution is -2.35. The van der Waals surface area contributed by atoms with Crippen molar-refractivity contribution in [2.45, 2.75) is 32.9 Å². The predicted molar refractivity (Wildman–Crippen MR) is 112 cm³/mol. The molecule has 0 bridgehead atoms. The van der Waals surface area contributed by atoms with Gasteiger partial charge < -0.3 is 15.8 Å². The summed E-state index contributed by atoms with van der Waals surface area (Å²) >= 11 is 3.14. The van der Waals surface area contributed by atoms with Gasteiger partial charge in [0.15, 0.2) is 5.13 Å². The lowest BCUT2D eigenvalue weighted by atomic mass is 10.0. The maximum absolute atomic E-state index is 12.2. The van der Waals surface area contributed by atoms with E-state index in [1.165, 1.54) is 16.2 Å². The van der Waals surface area contributed by atoms with Crippen molar-refractivity contribution in [3.8, 4) is 5.75 Å². The molecule has 4 rings (SSSR count). The Morgan fingerprint density at radius 2 is 2.19 bits per heavy atom. The summed E-state index contributed by atoms with van der Waals surface area (Å²) < 4.78 is 6.42. The van der Waals surface area contributed by atoms with E-state index in [0.717, 1.165) is 51.2 Å². The molecule has 1 amide bonds. The molecule has 0 saturated heterocycles. The number of nitrogens with one attached hydrogen (secondary N) is 1. The van der Waals surface area contributed by atoms with E-state index in [4.69, 9.17) is 10.5 Å². The van der Waals surface area contributed by atoms with Gasteiger partial charge in [0.25, 0.3) is 5.91 Å². The SMILES string of the molecule is COc1cccc2sc(Nc3sc4c(c3C(N)=O)CCN(C(C)C)C4)nc12. The number of para-hydroxylation sites is 1. The molecule has 1 aromatic carbocycles. The van der Waals surface area contributed by atoms with Crippen LogP contribution in [0, 0.1) is 0 Å². The molecule has 3 aromatic rings. The van der Waals surface area contributed by atoms with Crippen LogP contribution >= 0.6 is 22.7 Å². The van der Waals surface area contributed by atoms with Gasteiger partial charge in [0.1, 0.15) is 16.3 Å². The van der Waals surface area contributed by atoms with E-state index in [2.05, 4.69) is 29.0 Å². The van der Waals surface area contributed by atoms with E-state index in [-0.39, 0.29) is 5.91 Å². The molecule has 27 heavy (non-hydrogen) atoms. The van der Waals surface area contributed by atoms with Gasteiger partial charge >= 0.3 is 0 Å². The number of nitrogens with zero attached hydrogens (tertiary/aromatic N) is 2. The van der Waals surface area contributed by atoms with Crippen molar-refractivity contribution in [2.24, 2.45) is 5.73 Å². The Balaban J connectivity index is 1.71. The normalized spacial score (nSPS) is 14.5. The molecule has 3 heterocycles. The summed E-state index contributed by atoms with van der Waals surface area (Å²) in [5.41, 5.74) is 8.25. The molecule has 2 aromatic heterocycles. The maximum atomic E-state index is 12.2. The zero-order chi connectivity index (χ0) is 19.1. The van der Waals surface area contributed by atoms with Crippen LogP contribution in [0.4, 0.5) is 10.1 Å². The second-order valence-electron chi connectivity index (χ2n) is 6.84. The summed E-state index contributed by atoms with van der Waals surface area (Å²) in [5, 5.41) is 4.87. The van der Waals surface area contributed by atoms with Gasteiger partial charge in [-0.15, -0.1) is 11.3 Å². The highest BCUT2D eigenvalue weighted by molar-refractivity contribution is 7.23. The average molecular weight is 403 g/mol. The van der Waals surface area contributed by atoms with Gasteiger partial charge in [0.2, 0.25) is 0 Å². The first-order valence-electron chi connectivity index (χ1n) is 8.87. The Morgan fingerprint density at radius 3 is 2.89 bits per heavy atom. The first-order chi connectivity index (χ1) is 13.0. The number of hydrogen-bond donors (Lipinski definition) is 2. The van der Waals surface area contributed by atoms with E-state index in [1.807, 2.05) is 18.2 Å². The molecule has 0 unspecified atom stereocenters. The molecule has 0 saturated carbocycles. The van der Waals surface area contributed by atoms with Crippen molar-refractivity contribution >= 4 is 48.9 Å². The highest BCUT2D eigenvalue weighted by atomic mass is 32.1. The van der Waals surface area contributed by atoms with Crippen molar-refractivity contribution in [3.63, 3.8) is 0 Å². The fourth-order valence-corrected chi connectivity index (χ4v) is 5.68. The van der Waals surface area contributed by atoms with Crippen molar-refractivity contribution in [3.05, 3.63) is 34.2 Å². The number of nitrogens with two attached hydrogens (primary N) is 1. The molecule has 0 radical (unpaired) electrons. The van der Waals surface area contributed by atoms with Crippen LogP contribution < -0.4 is 15.8 Å². The van der Waals surface area contributed by atoms with Crippen molar-refractivity contribution in [2.75, 3.05) is 19.0 Å². The van der Waals surface area contributed by atoms with Crippen LogP contribution in [0.2, 0.25) is 0 Å². The lowest BCUT2D eigenvalue weighted by molar-refractivity contribution is 0.0999. The van der Waals surface area contributed by atoms with Gasteiger partial charge in [0, 0.05) is 24.0 Å². The Bertz CT molecular complexity index is 1010. The average Bonchev–Trinajstić information content (AvgIpc) is 3.20. The second-order valence-corrected chi connectivity index (χ2v) is 8.97. The number of amides is 1. The first-order valence-corrected chi connectivity index (χ1v) is 10.5. The standard InChI is InChI=1S/C19H22N4O2S2/c1-10(2)23-8-7-11-14(9-23)26-18(15(11)17(20)24)22-19-21-16-12(25-3)5-4-6-13(16)27-19/h4-6,10H,7-9H2,1-3H3,(H2,20,24)(H,21,22). The van der Waals surface area contributed by atoms with Crippen LogP contribution in [0.25, 0.3) is 10.2 Å². The number of carbonyl (C=O) groups is 1. The third-order valence-corrected chi connectivity index (χ3v) is 6.95. The third kappa shape index (κ3) is 3.28. The molecule has 6 nitrogen and oxygen atoms in total. The minimum absolute atomic E-state index is 0.383. The molecule has 0 aliphatic carbocycles. The largest absolute Gasteiger partial charge is 0.494 e. The predicted octanol–water partition coefficient (Wildman–Crippen LogP) is 3.98. The second kappa shape index (κ2) is 7.10. The number of fused-ring (bicyclic) bond motifs is 2. The van der Waals surface area contributed by atoms with Gasteiger partial charge in [-0.1, -0.05) is 17.4 Å². The van der Waals surface area contributed by atoms with E-state index >= 15 is 0 Å². The van der Waals surface area contributed by atoms with Crippen LogP contribution in [0.3, 0.4) is 0 Å². The summed E-state index contributed by atoms with van der Waals surface area (Å²) in [6, 6.07) is 6.33. The fourth-order valence-electron chi connectivity index (χ4n) is 3.45.